The van der Waals surface area contributed by atoms with Gasteiger partial charge in [0.05, 0.1) is 13.7 Å². The largest absolute Gasteiger partial charge is 0.507 e. The van der Waals surface area contributed by atoms with Gasteiger partial charge in [0.25, 0.3) is 0 Å². The van der Waals surface area contributed by atoms with Crippen LogP contribution in [0.3, 0.4) is 0 Å². The minimum absolute atomic E-state index is 0.0760. The molecule has 0 aliphatic rings. The van der Waals surface area contributed by atoms with Crippen LogP contribution in [0, 0.1) is 0 Å². The van der Waals surface area contributed by atoms with Crippen LogP contribution in [-0.2, 0) is 4.79 Å². The molecule has 1 aromatic rings. The maximum Gasteiger partial charge on any atom is 0.231 e. The molecule has 5 heteroatoms. The summed E-state index contributed by atoms with van der Waals surface area (Å²) in [6.45, 7) is 1.91. The topological polar surface area (TPSA) is 84.6 Å². The van der Waals surface area contributed by atoms with Crippen LogP contribution in [0.25, 0.3) is 0 Å². The summed E-state index contributed by atoms with van der Waals surface area (Å²) >= 11 is 0. The summed E-state index contributed by atoms with van der Waals surface area (Å²) in [4.78, 5) is 10.6. The fourth-order valence-electron chi connectivity index (χ4n) is 1.38. The molecule has 16 heavy (non-hydrogen) atoms. The van der Waals surface area contributed by atoms with E-state index in [1.165, 1.54) is 13.2 Å². The van der Waals surface area contributed by atoms with E-state index in [0.29, 0.717) is 11.3 Å². The van der Waals surface area contributed by atoms with Gasteiger partial charge in [0.2, 0.25) is 5.91 Å². The molecular formula is C11H16N2O3. The molecule has 88 valence electrons. The lowest BCUT2D eigenvalue weighted by molar-refractivity contribution is -0.117. The summed E-state index contributed by atoms with van der Waals surface area (Å²) in [6.07, 6.45) is 0. The van der Waals surface area contributed by atoms with Gasteiger partial charge < -0.3 is 20.9 Å². The second-order valence-electron chi connectivity index (χ2n) is 3.49. The number of nitrogens with two attached hydrogens (primary N) is 1. The molecule has 5 nitrogen and oxygen atoms in total. The fraction of sp³-hybridized carbons (Fsp3) is 0.364. The lowest BCUT2D eigenvalue weighted by Crippen LogP contribution is -2.30. The van der Waals surface area contributed by atoms with Crippen molar-refractivity contribution in [3.05, 3.63) is 23.8 Å². The number of hydrogen-bond donors (Lipinski definition) is 3. The smallest absolute Gasteiger partial charge is 0.231 e. The summed E-state index contributed by atoms with van der Waals surface area (Å²) in [5, 5.41) is 12.6. The Balaban J connectivity index is 2.75. The second-order valence-corrected chi connectivity index (χ2v) is 3.49. The van der Waals surface area contributed by atoms with Gasteiger partial charge in [-0.1, -0.05) is 6.07 Å². The molecule has 1 atom stereocenters. The SMILES string of the molecule is COc1ccc(C(C)NCC(N)=O)c(O)c1. The number of hydrogen-bond acceptors (Lipinski definition) is 4. The Morgan fingerprint density at radius 3 is 2.81 bits per heavy atom. The highest BCUT2D eigenvalue weighted by atomic mass is 16.5. The van der Waals surface area contributed by atoms with Gasteiger partial charge in [-0.3, -0.25) is 4.79 Å². The third-order valence-corrected chi connectivity index (χ3v) is 2.29. The fourth-order valence-corrected chi connectivity index (χ4v) is 1.38. The second kappa shape index (κ2) is 5.37. The Kier molecular flexibility index (Phi) is 4.13. The van der Waals surface area contributed by atoms with E-state index in [0.717, 1.165) is 0 Å². The molecule has 0 aliphatic carbocycles. The van der Waals surface area contributed by atoms with Crippen LogP contribution in [0.2, 0.25) is 0 Å². The number of phenols is 1. The highest BCUT2D eigenvalue weighted by Crippen LogP contribution is 2.27. The minimum Gasteiger partial charge on any atom is -0.507 e. The number of nitrogens with one attached hydrogen (secondary N) is 1. The molecule has 0 aliphatic heterocycles. The van der Waals surface area contributed by atoms with Crippen LogP contribution in [0.5, 0.6) is 11.5 Å². The molecule has 0 saturated carbocycles. The molecule has 1 aromatic carbocycles. The van der Waals surface area contributed by atoms with Gasteiger partial charge in [-0.05, 0) is 13.0 Å². The van der Waals surface area contributed by atoms with Gasteiger partial charge in [0.1, 0.15) is 11.5 Å². The Labute approximate surface area is 94.2 Å². The summed E-state index contributed by atoms with van der Waals surface area (Å²) in [5.74, 6) is 0.284. The van der Waals surface area contributed by atoms with Gasteiger partial charge in [-0.25, -0.2) is 0 Å². The lowest BCUT2D eigenvalue weighted by Gasteiger charge is -2.15. The zero-order chi connectivity index (χ0) is 12.1. The van der Waals surface area contributed by atoms with Gasteiger partial charge in [0, 0.05) is 17.7 Å². The standard InChI is InChI=1S/C11H16N2O3/c1-7(13-6-11(12)15)9-4-3-8(16-2)5-10(9)14/h3-5,7,13-14H,6H2,1-2H3,(H2,12,15). The average molecular weight is 224 g/mol. The maximum absolute atomic E-state index is 10.6. The van der Waals surface area contributed by atoms with E-state index in [1.54, 1.807) is 12.1 Å². The number of aromatic hydroxyl groups is 1. The lowest BCUT2D eigenvalue weighted by atomic mass is 10.1. The van der Waals surface area contributed by atoms with Crippen molar-refractivity contribution in [2.45, 2.75) is 13.0 Å². The van der Waals surface area contributed by atoms with Crippen LogP contribution in [0.4, 0.5) is 0 Å². The molecule has 0 heterocycles. The molecule has 0 spiro atoms. The Morgan fingerprint density at radius 1 is 1.62 bits per heavy atom. The number of carbonyl (C=O) groups excluding carboxylic acids is 1. The first-order valence-electron chi connectivity index (χ1n) is 4.93. The van der Waals surface area contributed by atoms with Gasteiger partial charge >= 0.3 is 0 Å². The molecular weight excluding hydrogens is 208 g/mol. The van der Waals surface area contributed by atoms with E-state index in [1.807, 2.05) is 6.92 Å². The normalized spacial score (nSPS) is 12.1. The van der Waals surface area contributed by atoms with Crippen molar-refractivity contribution < 1.29 is 14.6 Å². The van der Waals surface area contributed by atoms with Crippen molar-refractivity contribution in [3.8, 4) is 11.5 Å². The van der Waals surface area contributed by atoms with Gasteiger partial charge in [-0.15, -0.1) is 0 Å². The molecule has 0 saturated heterocycles. The highest BCUT2D eigenvalue weighted by molar-refractivity contribution is 5.75. The predicted molar refractivity (Wildman–Crippen MR) is 60.3 cm³/mol. The van der Waals surface area contributed by atoms with Crippen LogP contribution in [0.1, 0.15) is 18.5 Å². The van der Waals surface area contributed by atoms with Crippen LogP contribution >= 0.6 is 0 Å². The first-order valence-corrected chi connectivity index (χ1v) is 4.93. The van der Waals surface area contributed by atoms with E-state index < -0.39 is 5.91 Å². The Morgan fingerprint density at radius 2 is 2.31 bits per heavy atom. The summed E-state index contributed by atoms with van der Waals surface area (Å²) in [5.41, 5.74) is 5.71. The number of carbonyl (C=O) groups is 1. The molecule has 0 fully saturated rings. The number of rotatable bonds is 5. The monoisotopic (exact) mass is 224 g/mol. The summed E-state index contributed by atoms with van der Waals surface area (Å²) < 4.78 is 4.97. The number of phenolic OH excluding ortho intramolecular Hbond substituents is 1. The number of methoxy groups -OCH3 is 1. The van der Waals surface area contributed by atoms with E-state index >= 15 is 0 Å². The van der Waals surface area contributed by atoms with E-state index in [9.17, 15) is 9.90 Å². The van der Waals surface area contributed by atoms with Crippen LogP contribution in [-0.4, -0.2) is 24.7 Å². The third-order valence-electron chi connectivity index (χ3n) is 2.29. The van der Waals surface area contributed by atoms with Crippen LogP contribution < -0.4 is 15.8 Å². The summed E-state index contributed by atoms with van der Waals surface area (Å²) in [6, 6.07) is 4.86. The zero-order valence-electron chi connectivity index (χ0n) is 9.36. The molecule has 1 unspecified atom stereocenters. The van der Waals surface area contributed by atoms with Crippen molar-refractivity contribution in [2.75, 3.05) is 13.7 Å². The van der Waals surface area contributed by atoms with Gasteiger partial charge in [-0.2, -0.15) is 0 Å². The molecule has 1 amide bonds. The van der Waals surface area contributed by atoms with Crippen molar-refractivity contribution in [1.29, 1.82) is 0 Å². The van der Waals surface area contributed by atoms with Crippen molar-refractivity contribution in [1.82, 2.24) is 5.32 Å². The Hall–Kier alpha value is -1.75. The minimum atomic E-state index is -0.431. The molecule has 0 radical (unpaired) electrons. The first kappa shape index (κ1) is 12.3. The average Bonchev–Trinajstić information content (AvgIpc) is 2.25. The highest BCUT2D eigenvalue weighted by Gasteiger charge is 2.11. The Bertz CT molecular complexity index is 379. The van der Waals surface area contributed by atoms with E-state index in [2.05, 4.69) is 5.32 Å². The number of primary amides is 1. The third kappa shape index (κ3) is 3.13. The molecule has 4 N–H and O–H groups in total. The van der Waals surface area contributed by atoms with E-state index in [-0.39, 0.29) is 18.3 Å². The quantitative estimate of drug-likeness (QED) is 0.681. The number of benzene rings is 1. The van der Waals surface area contributed by atoms with Crippen molar-refractivity contribution in [2.24, 2.45) is 5.73 Å². The van der Waals surface area contributed by atoms with E-state index in [4.69, 9.17) is 10.5 Å². The van der Waals surface area contributed by atoms with Crippen LogP contribution in [0.15, 0.2) is 18.2 Å². The zero-order valence-corrected chi connectivity index (χ0v) is 9.36. The van der Waals surface area contributed by atoms with Crippen molar-refractivity contribution >= 4 is 5.91 Å². The van der Waals surface area contributed by atoms with Gasteiger partial charge in [0.15, 0.2) is 0 Å². The number of amides is 1. The molecule has 0 bridgehead atoms. The number of ether oxygens (including phenoxy) is 1. The molecule has 0 aromatic heterocycles. The predicted octanol–water partition coefficient (Wildman–Crippen LogP) is 0.537. The summed E-state index contributed by atoms with van der Waals surface area (Å²) in [7, 11) is 1.53. The van der Waals surface area contributed by atoms with Crippen molar-refractivity contribution in [3.63, 3.8) is 0 Å². The maximum atomic E-state index is 10.6. The molecule has 1 rings (SSSR count). The first-order chi connectivity index (χ1) is 7.54.